The van der Waals surface area contributed by atoms with Crippen LogP contribution in [0.5, 0.6) is 0 Å². The predicted octanol–water partition coefficient (Wildman–Crippen LogP) is 7.85. The fourth-order valence-corrected chi connectivity index (χ4v) is 13.7. The van der Waals surface area contributed by atoms with Crippen molar-refractivity contribution in [2.24, 2.45) is 0 Å². The first-order valence-corrected chi connectivity index (χ1v) is 25.1. The van der Waals surface area contributed by atoms with Crippen molar-refractivity contribution < 1.29 is 32.3 Å². The number of fused-ring (bicyclic) bond motifs is 2. The fraction of sp³-hybridized carbons (Fsp3) is 0.969. The summed E-state index contributed by atoms with van der Waals surface area (Å²) in [5.74, 6) is 0. The molecule has 3 aliphatic heterocycles. The van der Waals surface area contributed by atoms with Gasteiger partial charge in [0.05, 0.1) is 18.3 Å². The molecule has 0 amide bonds. The Bertz CT molecular complexity index is 826. The summed E-state index contributed by atoms with van der Waals surface area (Å²) in [6, 6.07) is 6.33. The lowest BCUT2D eigenvalue weighted by molar-refractivity contribution is -0.255. The Kier molecular flexibility index (Phi) is 13.2. The van der Waals surface area contributed by atoms with E-state index in [4.69, 9.17) is 27.5 Å². The minimum Gasteiger partial charge on any atom is -0.417 e. The van der Waals surface area contributed by atoms with E-state index in [1.807, 2.05) is 0 Å². The molecule has 3 rings (SSSR count). The quantitative estimate of drug-likeness (QED) is 0.125. The van der Waals surface area contributed by atoms with Gasteiger partial charge in [-0.1, -0.05) is 62.3 Å². The van der Waals surface area contributed by atoms with E-state index in [1.165, 1.54) is 0 Å². The Labute approximate surface area is 260 Å². The van der Waals surface area contributed by atoms with Crippen molar-refractivity contribution in [3.05, 3.63) is 0 Å². The molecular formula is C32H64O7Si3. The molecule has 7 nitrogen and oxygen atoms in total. The van der Waals surface area contributed by atoms with Gasteiger partial charge in [0.15, 0.2) is 25.0 Å². The Morgan fingerprint density at radius 1 is 0.738 bits per heavy atom. The zero-order valence-electron chi connectivity index (χ0n) is 28.8. The van der Waals surface area contributed by atoms with Gasteiger partial charge < -0.3 is 32.3 Å². The molecule has 0 unspecified atom stereocenters. The molecule has 3 fully saturated rings. The van der Waals surface area contributed by atoms with Gasteiger partial charge in [-0.2, -0.15) is 0 Å². The Morgan fingerprint density at radius 2 is 1.26 bits per heavy atom. The maximum absolute atomic E-state index is 11.8. The zero-order chi connectivity index (χ0) is 31.3. The molecule has 0 radical (unpaired) electrons. The lowest BCUT2D eigenvalue weighted by Gasteiger charge is -2.51. The molecule has 10 heteroatoms. The number of rotatable bonds is 16. The fourth-order valence-electron chi connectivity index (χ4n) is 6.90. The first kappa shape index (κ1) is 36.5. The largest absolute Gasteiger partial charge is 0.417 e. The van der Waals surface area contributed by atoms with E-state index in [0.717, 1.165) is 68.4 Å². The van der Waals surface area contributed by atoms with Gasteiger partial charge in [0.2, 0.25) is 0 Å². The summed E-state index contributed by atoms with van der Waals surface area (Å²) in [4.78, 5) is 11.8. The molecule has 0 aromatic heterocycles. The smallest absolute Gasteiger partial charge is 0.192 e. The van der Waals surface area contributed by atoms with Crippen LogP contribution in [0.1, 0.15) is 88.0 Å². The van der Waals surface area contributed by atoms with Gasteiger partial charge in [0.25, 0.3) is 0 Å². The van der Waals surface area contributed by atoms with Crippen LogP contribution in [0.2, 0.25) is 54.4 Å². The molecule has 3 saturated heterocycles. The van der Waals surface area contributed by atoms with Crippen LogP contribution in [0.25, 0.3) is 0 Å². The van der Waals surface area contributed by atoms with E-state index in [0.29, 0.717) is 6.42 Å². The zero-order valence-corrected chi connectivity index (χ0v) is 31.8. The maximum Gasteiger partial charge on any atom is 0.192 e. The summed E-state index contributed by atoms with van der Waals surface area (Å²) in [6.45, 7) is 25.8. The average molecular weight is 645 g/mol. The van der Waals surface area contributed by atoms with Gasteiger partial charge in [-0.15, -0.1) is 0 Å². The lowest BCUT2D eigenvalue weighted by Crippen LogP contribution is -2.65. The van der Waals surface area contributed by atoms with Crippen molar-refractivity contribution in [1.82, 2.24) is 0 Å². The van der Waals surface area contributed by atoms with Crippen molar-refractivity contribution in [2.75, 3.05) is 6.61 Å². The van der Waals surface area contributed by atoms with Gasteiger partial charge in [-0.25, -0.2) is 0 Å². The Morgan fingerprint density at radius 3 is 1.76 bits per heavy atom. The van der Waals surface area contributed by atoms with Crippen LogP contribution in [0, 0.1) is 0 Å². The Balaban J connectivity index is 1.88. The van der Waals surface area contributed by atoms with Gasteiger partial charge in [-0.05, 0) is 73.7 Å². The molecule has 3 aliphatic rings. The molecule has 0 bridgehead atoms. The number of carbonyl (C=O) groups excluding carboxylic acids is 1. The van der Waals surface area contributed by atoms with Crippen molar-refractivity contribution in [1.29, 1.82) is 0 Å². The highest BCUT2D eigenvalue weighted by Gasteiger charge is 2.60. The van der Waals surface area contributed by atoms with E-state index in [2.05, 4.69) is 75.4 Å². The average Bonchev–Trinajstić information content (AvgIpc) is 3.30. The van der Waals surface area contributed by atoms with Gasteiger partial charge in [0.1, 0.15) is 36.8 Å². The number of aldehydes is 1. The molecule has 246 valence electrons. The summed E-state index contributed by atoms with van der Waals surface area (Å²) in [5, 5.41) is 0.190. The molecule has 8 atom stereocenters. The van der Waals surface area contributed by atoms with Crippen molar-refractivity contribution in [3.8, 4) is 0 Å². The summed E-state index contributed by atoms with van der Waals surface area (Å²) < 4.78 is 41.5. The maximum atomic E-state index is 11.8. The molecule has 0 aromatic rings. The van der Waals surface area contributed by atoms with Crippen LogP contribution in [0.15, 0.2) is 0 Å². The third kappa shape index (κ3) is 7.89. The monoisotopic (exact) mass is 644 g/mol. The Hall–Kier alpha value is 0.0806. The van der Waals surface area contributed by atoms with Crippen LogP contribution in [-0.4, -0.2) is 86.7 Å². The van der Waals surface area contributed by atoms with E-state index >= 15 is 0 Å². The summed E-state index contributed by atoms with van der Waals surface area (Å²) in [6.07, 6.45) is 2.63. The minimum atomic E-state index is -2.00. The topological polar surface area (TPSA) is 72.5 Å². The standard InChI is InChI=1S/C32H64O7Si3/c1-12-41(13-2,14-3)38-28-26(20-22-33)37-30-29(28)36-25-19-18-24(21-23-34-40(10,11)32(7,8)9)35-27(25)31(30)39-42(15-4,16-5)17-6/h22,24-31H,12-21,23H2,1-11H3/t24-,25+,26-,27+,28+,29+,30-,31+/m1/s1. The summed E-state index contributed by atoms with van der Waals surface area (Å²) in [7, 11) is -5.78. The van der Waals surface area contributed by atoms with Gasteiger partial charge in [0, 0.05) is 13.0 Å². The normalized spacial score (nSPS) is 32.5. The second-order valence-electron chi connectivity index (χ2n) is 14.5. The van der Waals surface area contributed by atoms with Crippen LogP contribution in [-0.2, 0) is 32.3 Å². The SMILES string of the molecule is CC[Si](CC)(CC)O[C@@H]1[C@@H]2O[C@H](CC=O)[C@H](O[Si](CC)(CC)CC)[C@@H]2O[C@H]2CC[C@H](CCO[Si](C)(C)C(C)(C)C)O[C@H]12. The third-order valence-electron chi connectivity index (χ3n) is 11.5. The molecule has 0 aromatic carbocycles. The van der Waals surface area contributed by atoms with Crippen LogP contribution >= 0.6 is 0 Å². The number of ether oxygens (including phenoxy) is 3. The highest BCUT2D eigenvalue weighted by Crippen LogP contribution is 2.45. The highest BCUT2D eigenvalue weighted by atomic mass is 28.4. The van der Waals surface area contributed by atoms with E-state index in [9.17, 15) is 4.79 Å². The summed E-state index contributed by atoms with van der Waals surface area (Å²) >= 11 is 0. The van der Waals surface area contributed by atoms with Crippen molar-refractivity contribution in [2.45, 2.75) is 191 Å². The number of hydrogen-bond donors (Lipinski definition) is 0. The van der Waals surface area contributed by atoms with Crippen LogP contribution < -0.4 is 0 Å². The van der Waals surface area contributed by atoms with Gasteiger partial charge >= 0.3 is 0 Å². The second kappa shape index (κ2) is 15.1. The minimum absolute atomic E-state index is 0.0586. The molecule has 0 saturated carbocycles. The van der Waals surface area contributed by atoms with Crippen LogP contribution in [0.4, 0.5) is 0 Å². The van der Waals surface area contributed by atoms with E-state index in [-0.39, 0.29) is 53.9 Å². The van der Waals surface area contributed by atoms with Crippen LogP contribution in [0.3, 0.4) is 0 Å². The second-order valence-corrected chi connectivity index (χ2v) is 28.8. The summed E-state index contributed by atoms with van der Waals surface area (Å²) in [5.41, 5.74) is 0. The molecular weight excluding hydrogens is 581 g/mol. The number of hydrogen-bond acceptors (Lipinski definition) is 7. The molecule has 0 spiro atoms. The highest BCUT2D eigenvalue weighted by molar-refractivity contribution is 6.74. The van der Waals surface area contributed by atoms with E-state index in [1.54, 1.807) is 0 Å². The van der Waals surface area contributed by atoms with Crippen molar-refractivity contribution >= 4 is 31.2 Å². The first-order valence-electron chi connectivity index (χ1n) is 17.2. The molecule has 3 heterocycles. The predicted molar refractivity (Wildman–Crippen MR) is 178 cm³/mol. The molecule has 42 heavy (non-hydrogen) atoms. The third-order valence-corrected chi connectivity index (χ3v) is 25.3. The molecule has 0 N–H and O–H groups in total. The van der Waals surface area contributed by atoms with E-state index < -0.39 is 25.0 Å². The van der Waals surface area contributed by atoms with Gasteiger partial charge in [-0.3, -0.25) is 0 Å². The first-order chi connectivity index (χ1) is 19.8. The lowest BCUT2D eigenvalue weighted by atomic mass is 9.88. The molecule has 0 aliphatic carbocycles. The van der Waals surface area contributed by atoms with Crippen molar-refractivity contribution in [3.63, 3.8) is 0 Å². The number of carbonyl (C=O) groups is 1.